The van der Waals surface area contributed by atoms with Crippen LogP contribution in [0.3, 0.4) is 0 Å². The Bertz CT molecular complexity index is 1100. The van der Waals surface area contributed by atoms with Crippen LogP contribution in [0.1, 0.15) is 30.7 Å². The quantitative estimate of drug-likeness (QED) is 0.534. The van der Waals surface area contributed by atoms with Crippen LogP contribution in [-0.2, 0) is 10.3 Å². The second kappa shape index (κ2) is 7.74. The molecule has 1 aromatic heterocycles. The summed E-state index contributed by atoms with van der Waals surface area (Å²) in [5.41, 5.74) is 1.57. The van der Waals surface area contributed by atoms with E-state index < -0.39 is 41.4 Å². The van der Waals surface area contributed by atoms with Crippen LogP contribution in [-0.4, -0.2) is 29.2 Å². The Morgan fingerprint density at radius 3 is 2.52 bits per heavy atom. The summed E-state index contributed by atoms with van der Waals surface area (Å²) in [4.78, 5) is 10.9. The minimum absolute atomic E-state index is 0.0336. The van der Waals surface area contributed by atoms with Crippen molar-refractivity contribution in [2.45, 2.75) is 31.2 Å². The molecule has 1 aliphatic heterocycles. The van der Waals surface area contributed by atoms with E-state index >= 15 is 0 Å². The molecular formula is C21H17F5N4O. The Balaban J connectivity index is 1.99. The van der Waals surface area contributed by atoms with Crippen LogP contribution in [0, 0.1) is 12.4 Å². The molecule has 5 nitrogen and oxygen atoms in total. The van der Waals surface area contributed by atoms with E-state index in [0.29, 0.717) is 0 Å². The lowest BCUT2D eigenvalue weighted by Crippen LogP contribution is -2.60. The lowest BCUT2D eigenvalue weighted by molar-refractivity contribution is -0.249. The van der Waals surface area contributed by atoms with E-state index in [4.69, 9.17) is 17.0 Å². The minimum atomic E-state index is -4.80. The number of aromatic nitrogens is 1. The molecule has 2 atom stereocenters. The summed E-state index contributed by atoms with van der Waals surface area (Å²) in [5, 5.41) is 0. The minimum Gasteiger partial charge on any atom is -0.385 e. The van der Waals surface area contributed by atoms with Crippen LogP contribution in [0.4, 0.5) is 27.6 Å². The van der Waals surface area contributed by atoms with E-state index in [1.54, 1.807) is 0 Å². The topological polar surface area (TPSA) is 64.9 Å². The molecular weight excluding hydrogens is 419 g/mol. The first kappa shape index (κ1) is 22.4. The molecule has 0 saturated heterocycles. The maximum Gasteiger partial charge on any atom is 0.424 e. The molecule has 2 N–H and O–H groups in total. The van der Waals surface area contributed by atoms with Crippen LogP contribution < -0.4 is 5.73 Å². The number of alkyl halides is 3. The molecule has 0 saturated carbocycles. The third-order valence-electron chi connectivity index (χ3n) is 5.02. The number of pyridine rings is 1. The Hall–Kier alpha value is -3.32. The number of halogens is 5. The zero-order valence-corrected chi connectivity index (χ0v) is 16.5. The second-order valence-electron chi connectivity index (χ2n) is 7.34. The smallest absolute Gasteiger partial charge is 0.385 e. The summed E-state index contributed by atoms with van der Waals surface area (Å²) >= 11 is 0. The van der Waals surface area contributed by atoms with Crippen molar-refractivity contribution >= 4 is 23.4 Å². The molecule has 0 fully saturated rings. The summed E-state index contributed by atoms with van der Waals surface area (Å²) in [5.74, 6) is -2.33. The molecule has 1 aliphatic rings. The first-order valence-electron chi connectivity index (χ1n) is 8.97. The summed E-state index contributed by atoms with van der Waals surface area (Å²) in [6.45, 7) is 8.43. The van der Waals surface area contributed by atoms with Crippen LogP contribution in [0.2, 0.25) is 0 Å². The molecule has 0 spiro atoms. The highest BCUT2D eigenvalue weighted by atomic mass is 19.4. The number of ether oxygens (including phenoxy) is 1. The Morgan fingerprint density at radius 1 is 1.26 bits per heavy atom. The fourth-order valence-corrected chi connectivity index (χ4v) is 2.99. The van der Waals surface area contributed by atoms with E-state index in [0.717, 1.165) is 19.1 Å². The maximum absolute atomic E-state index is 14.6. The highest BCUT2D eigenvalue weighted by Crippen LogP contribution is 2.41. The van der Waals surface area contributed by atoms with Gasteiger partial charge in [0.05, 0.1) is 18.9 Å². The predicted molar refractivity (Wildman–Crippen MR) is 105 cm³/mol. The van der Waals surface area contributed by atoms with E-state index in [1.807, 2.05) is 0 Å². The third kappa shape index (κ3) is 4.14. The van der Waals surface area contributed by atoms with Crippen LogP contribution >= 0.6 is 0 Å². The van der Waals surface area contributed by atoms with Gasteiger partial charge in [0.2, 0.25) is 11.3 Å². The first-order valence-corrected chi connectivity index (χ1v) is 8.97. The summed E-state index contributed by atoms with van der Waals surface area (Å²) in [6.07, 6.45) is -2.51. The standard InChI is InChI=1S/C21H17F5N4O/c1-19(11-31-20(2,18(27)30-19)21(24,25)26)14-8-12(4-6-15(14)22)9-16(23)17-7-5-13(28-3)10-29-17/h4-10H,11H2,1-2H3,(H2,27,30)/b16-9-/t19-,20+/m0/s1. The third-order valence-corrected chi connectivity index (χ3v) is 5.02. The molecule has 1 aromatic carbocycles. The van der Waals surface area contributed by atoms with Gasteiger partial charge in [0.25, 0.3) is 0 Å². The number of rotatable bonds is 3. The lowest BCUT2D eigenvalue weighted by Gasteiger charge is -2.41. The Morgan fingerprint density at radius 2 is 1.97 bits per heavy atom. The molecule has 3 rings (SSSR count). The molecule has 0 bridgehead atoms. The van der Waals surface area contributed by atoms with Crippen molar-refractivity contribution in [2.24, 2.45) is 10.7 Å². The average Bonchev–Trinajstić information content (AvgIpc) is 2.71. The number of nitrogens with zero attached hydrogens (tertiary/aromatic N) is 3. The monoisotopic (exact) mass is 436 g/mol. The van der Waals surface area contributed by atoms with Crippen molar-refractivity contribution in [3.63, 3.8) is 0 Å². The van der Waals surface area contributed by atoms with Gasteiger partial charge in [-0.2, -0.15) is 13.2 Å². The number of nitrogens with two attached hydrogens (primary N) is 1. The fourth-order valence-electron chi connectivity index (χ4n) is 2.99. The van der Waals surface area contributed by atoms with E-state index in [2.05, 4.69) is 14.8 Å². The molecule has 2 heterocycles. The van der Waals surface area contributed by atoms with Crippen molar-refractivity contribution in [1.29, 1.82) is 0 Å². The van der Waals surface area contributed by atoms with Gasteiger partial charge in [0.1, 0.15) is 23.0 Å². The Kier molecular flexibility index (Phi) is 5.58. The molecule has 0 radical (unpaired) electrons. The van der Waals surface area contributed by atoms with Gasteiger partial charge in [-0.1, -0.05) is 12.1 Å². The predicted octanol–water partition coefficient (Wildman–Crippen LogP) is 5.16. The number of hydrogen-bond donors (Lipinski definition) is 1. The molecule has 0 amide bonds. The Labute approximate surface area is 174 Å². The van der Waals surface area contributed by atoms with E-state index in [9.17, 15) is 22.0 Å². The number of amidine groups is 1. The van der Waals surface area contributed by atoms with Gasteiger partial charge in [-0.3, -0.25) is 9.98 Å². The van der Waals surface area contributed by atoms with Crippen molar-refractivity contribution in [2.75, 3.05) is 6.61 Å². The maximum atomic E-state index is 14.6. The zero-order valence-electron chi connectivity index (χ0n) is 16.5. The van der Waals surface area contributed by atoms with E-state index in [-0.39, 0.29) is 22.5 Å². The normalized spacial score (nSPS) is 24.5. The van der Waals surface area contributed by atoms with E-state index in [1.165, 1.54) is 37.4 Å². The first-order chi connectivity index (χ1) is 14.4. The van der Waals surface area contributed by atoms with Crippen molar-refractivity contribution < 1.29 is 26.7 Å². The van der Waals surface area contributed by atoms with Crippen molar-refractivity contribution in [3.8, 4) is 0 Å². The molecule has 10 heteroatoms. The van der Waals surface area contributed by atoms with Gasteiger partial charge >= 0.3 is 6.18 Å². The number of aliphatic imine (C=N–C) groups is 1. The fraction of sp³-hybridized carbons (Fsp3) is 0.286. The number of hydrogen-bond acceptors (Lipinski definition) is 4. The largest absolute Gasteiger partial charge is 0.424 e. The number of benzene rings is 1. The van der Waals surface area contributed by atoms with Gasteiger partial charge in [0, 0.05) is 11.8 Å². The van der Waals surface area contributed by atoms with Crippen LogP contribution in [0.15, 0.2) is 41.5 Å². The second-order valence-corrected chi connectivity index (χ2v) is 7.34. The van der Waals surface area contributed by atoms with Gasteiger partial charge in [-0.15, -0.1) is 0 Å². The molecule has 0 unspecified atom stereocenters. The van der Waals surface area contributed by atoms with Crippen LogP contribution in [0.5, 0.6) is 0 Å². The highest BCUT2D eigenvalue weighted by Gasteiger charge is 2.59. The van der Waals surface area contributed by atoms with Gasteiger partial charge in [-0.25, -0.2) is 13.6 Å². The molecule has 162 valence electrons. The molecule has 31 heavy (non-hydrogen) atoms. The van der Waals surface area contributed by atoms with Gasteiger partial charge in [-0.05, 0) is 43.7 Å². The van der Waals surface area contributed by atoms with Crippen molar-refractivity contribution in [1.82, 2.24) is 4.98 Å². The highest BCUT2D eigenvalue weighted by molar-refractivity contribution is 5.90. The summed E-state index contributed by atoms with van der Waals surface area (Å²) in [7, 11) is 0. The van der Waals surface area contributed by atoms with Crippen molar-refractivity contribution in [3.05, 3.63) is 70.6 Å². The summed E-state index contributed by atoms with van der Waals surface area (Å²) < 4.78 is 74.0. The lowest BCUT2D eigenvalue weighted by atomic mass is 9.88. The van der Waals surface area contributed by atoms with Gasteiger partial charge in [0.15, 0.2) is 0 Å². The summed E-state index contributed by atoms with van der Waals surface area (Å²) in [6, 6.07) is 6.33. The SMILES string of the molecule is [C-]#[N+]c1ccc(/C(F)=C/c2ccc(F)c([C@]3(C)CO[C@@](C)(C(F)(F)F)C(N)=N3)c2)nc1. The molecule has 0 aliphatic carbocycles. The molecule has 2 aromatic rings. The average molecular weight is 436 g/mol. The van der Waals surface area contributed by atoms with Crippen LogP contribution in [0.25, 0.3) is 16.7 Å². The zero-order chi connectivity index (χ0) is 23.0. The van der Waals surface area contributed by atoms with Gasteiger partial charge < -0.3 is 10.5 Å².